The van der Waals surface area contributed by atoms with Crippen molar-refractivity contribution < 1.29 is 33.3 Å². The Morgan fingerprint density at radius 1 is 1.07 bits per heavy atom. The van der Waals surface area contributed by atoms with E-state index in [0.717, 1.165) is 28.7 Å². The highest BCUT2D eigenvalue weighted by atomic mass is 19.1. The molecule has 2 heterocycles. The number of rotatable bonds is 6. The Labute approximate surface area is 258 Å². The number of ether oxygens (including phenoxy) is 3. The monoisotopic (exact) mass is 603 g/mol. The van der Waals surface area contributed by atoms with Gasteiger partial charge in [-0.3, -0.25) is 4.79 Å². The molecule has 1 atom stereocenters. The summed E-state index contributed by atoms with van der Waals surface area (Å²) in [6, 6.07) is 8.70. The predicted molar refractivity (Wildman–Crippen MR) is 169 cm³/mol. The number of anilines is 1. The summed E-state index contributed by atoms with van der Waals surface area (Å²) >= 11 is 0. The highest BCUT2D eigenvalue weighted by Gasteiger charge is 2.44. The maximum Gasteiger partial charge on any atom is 0.337 e. The molecule has 3 aromatic rings. The third-order valence-electron chi connectivity index (χ3n) is 8.62. The molecule has 7 nitrogen and oxygen atoms in total. The van der Waals surface area contributed by atoms with E-state index in [9.17, 15) is 14.7 Å². The number of carboxylic acids is 1. The van der Waals surface area contributed by atoms with Gasteiger partial charge in [-0.2, -0.15) is 0 Å². The van der Waals surface area contributed by atoms with Crippen molar-refractivity contribution in [3.8, 4) is 22.6 Å². The van der Waals surface area contributed by atoms with Crippen LogP contribution in [-0.4, -0.2) is 41.8 Å². The number of halogens is 1. The highest BCUT2D eigenvalue weighted by Crippen LogP contribution is 2.51. The quantitative estimate of drug-likeness (QED) is 0.311. The number of aryl methyl sites for hydroxylation is 2. The molecule has 0 radical (unpaired) electrons. The lowest BCUT2D eigenvalue weighted by Gasteiger charge is -2.33. The molecule has 44 heavy (non-hydrogen) atoms. The first kappa shape index (κ1) is 31.5. The number of amides is 1. The zero-order valence-electron chi connectivity index (χ0n) is 27.1. The van der Waals surface area contributed by atoms with Gasteiger partial charge in [0.25, 0.3) is 5.91 Å². The highest BCUT2D eigenvalue weighted by molar-refractivity contribution is 6.09. The van der Waals surface area contributed by atoms with Crippen molar-refractivity contribution in [3.63, 3.8) is 0 Å². The van der Waals surface area contributed by atoms with E-state index in [0.29, 0.717) is 58.7 Å². The SMILES string of the molecule is COc1ccc(C(=O)N2c3cc(C)c([C@H](OC(C)(C)C)C(=O)O)c(-c4cc(F)c5c(c4C)CCCO5)c3CC2(C)C)cc1C. The maximum absolute atomic E-state index is 15.7. The zero-order chi connectivity index (χ0) is 32.3. The van der Waals surface area contributed by atoms with E-state index < -0.39 is 29.0 Å². The fourth-order valence-corrected chi connectivity index (χ4v) is 6.75. The largest absolute Gasteiger partial charge is 0.496 e. The molecule has 0 unspecified atom stereocenters. The summed E-state index contributed by atoms with van der Waals surface area (Å²) in [4.78, 5) is 28.9. The summed E-state index contributed by atoms with van der Waals surface area (Å²) in [7, 11) is 1.59. The van der Waals surface area contributed by atoms with Crippen LogP contribution in [0.5, 0.6) is 11.5 Å². The van der Waals surface area contributed by atoms with Crippen LogP contribution >= 0.6 is 0 Å². The number of carbonyl (C=O) groups excluding carboxylic acids is 1. The minimum Gasteiger partial charge on any atom is -0.496 e. The van der Waals surface area contributed by atoms with Crippen LogP contribution in [0.1, 0.15) is 90.9 Å². The van der Waals surface area contributed by atoms with Gasteiger partial charge in [0.05, 0.1) is 19.3 Å². The number of hydrogen-bond acceptors (Lipinski definition) is 5. The third kappa shape index (κ3) is 5.45. The van der Waals surface area contributed by atoms with Crippen LogP contribution < -0.4 is 14.4 Å². The molecular formula is C36H42FNO6. The van der Waals surface area contributed by atoms with E-state index in [1.807, 2.05) is 67.5 Å². The van der Waals surface area contributed by atoms with Gasteiger partial charge in [0.2, 0.25) is 0 Å². The van der Waals surface area contributed by atoms with E-state index >= 15 is 4.39 Å². The van der Waals surface area contributed by atoms with Gasteiger partial charge in [-0.25, -0.2) is 9.18 Å². The number of methoxy groups -OCH3 is 1. The number of hydrogen-bond donors (Lipinski definition) is 1. The van der Waals surface area contributed by atoms with Crippen molar-refractivity contribution in [1.29, 1.82) is 0 Å². The number of carboxylic acid groups (broad SMARTS) is 1. The van der Waals surface area contributed by atoms with Crippen molar-refractivity contribution in [3.05, 3.63) is 75.1 Å². The smallest absolute Gasteiger partial charge is 0.337 e. The number of aliphatic carboxylic acids is 1. The van der Waals surface area contributed by atoms with Gasteiger partial charge < -0.3 is 24.2 Å². The first-order valence-corrected chi connectivity index (χ1v) is 15.1. The number of carbonyl (C=O) groups is 2. The molecule has 234 valence electrons. The lowest BCUT2D eigenvalue weighted by atomic mass is 9.82. The van der Waals surface area contributed by atoms with E-state index in [1.165, 1.54) is 6.07 Å². The Balaban J connectivity index is 1.82. The summed E-state index contributed by atoms with van der Waals surface area (Å²) in [6.45, 7) is 15.5. The molecule has 8 heteroatoms. The second-order valence-corrected chi connectivity index (χ2v) is 13.5. The van der Waals surface area contributed by atoms with Crippen molar-refractivity contribution in [1.82, 2.24) is 0 Å². The minimum absolute atomic E-state index is 0.180. The molecule has 5 rings (SSSR count). The average molecular weight is 604 g/mol. The van der Waals surface area contributed by atoms with Crippen LogP contribution in [0.2, 0.25) is 0 Å². The van der Waals surface area contributed by atoms with Gasteiger partial charge >= 0.3 is 5.97 Å². The Bertz CT molecular complexity index is 1670. The van der Waals surface area contributed by atoms with Crippen LogP contribution in [-0.2, 0) is 22.4 Å². The maximum atomic E-state index is 15.7. The summed E-state index contributed by atoms with van der Waals surface area (Å²) in [5.41, 5.74) is 5.32. The molecule has 2 aliphatic heterocycles. The van der Waals surface area contributed by atoms with E-state index in [4.69, 9.17) is 14.2 Å². The summed E-state index contributed by atoms with van der Waals surface area (Å²) in [5.74, 6) is -0.847. The number of nitrogens with zero attached hydrogens (tertiary/aromatic N) is 1. The zero-order valence-corrected chi connectivity index (χ0v) is 27.1. The van der Waals surface area contributed by atoms with Gasteiger partial charge in [0.15, 0.2) is 17.7 Å². The fraction of sp³-hybridized carbons (Fsp3) is 0.444. The molecule has 0 bridgehead atoms. The molecule has 0 spiro atoms. The molecule has 0 aliphatic carbocycles. The van der Waals surface area contributed by atoms with Crippen LogP contribution in [0.25, 0.3) is 11.1 Å². The second kappa shape index (κ2) is 11.2. The first-order chi connectivity index (χ1) is 20.6. The lowest BCUT2D eigenvalue weighted by Crippen LogP contribution is -2.45. The van der Waals surface area contributed by atoms with Crippen LogP contribution in [0.15, 0.2) is 30.3 Å². The molecule has 0 saturated carbocycles. The van der Waals surface area contributed by atoms with Crippen molar-refractivity contribution >= 4 is 17.6 Å². The summed E-state index contributed by atoms with van der Waals surface area (Å²) in [5, 5.41) is 10.5. The molecule has 1 N–H and O–H groups in total. The summed E-state index contributed by atoms with van der Waals surface area (Å²) < 4.78 is 33.1. The van der Waals surface area contributed by atoms with E-state index in [1.54, 1.807) is 24.1 Å². The Morgan fingerprint density at radius 3 is 2.39 bits per heavy atom. The first-order valence-electron chi connectivity index (χ1n) is 15.1. The number of fused-ring (bicyclic) bond motifs is 2. The minimum atomic E-state index is -1.32. The molecular weight excluding hydrogens is 561 g/mol. The lowest BCUT2D eigenvalue weighted by molar-refractivity contribution is -0.160. The van der Waals surface area contributed by atoms with E-state index in [2.05, 4.69) is 0 Å². The Morgan fingerprint density at radius 2 is 1.77 bits per heavy atom. The van der Waals surface area contributed by atoms with Gasteiger partial charge in [-0.05, 0) is 138 Å². The van der Waals surface area contributed by atoms with Crippen LogP contribution in [0, 0.1) is 26.6 Å². The molecule has 3 aromatic carbocycles. The second-order valence-electron chi connectivity index (χ2n) is 13.5. The Hall–Kier alpha value is -3.91. The number of benzene rings is 3. The van der Waals surface area contributed by atoms with Crippen molar-refractivity contribution in [2.24, 2.45) is 0 Å². The van der Waals surface area contributed by atoms with Gasteiger partial charge in [-0.15, -0.1) is 0 Å². The Kier molecular flexibility index (Phi) is 8.04. The van der Waals surface area contributed by atoms with Crippen molar-refractivity contribution in [2.45, 2.75) is 91.9 Å². The molecule has 0 fully saturated rings. The predicted octanol–water partition coefficient (Wildman–Crippen LogP) is 7.67. The topological polar surface area (TPSA) is 85.3 Å². The van der Waals surface area contributed by atoms with Crippen molar-refractivity contribution in [2.75, 3.05) is 18.6 Å². The standard InChI is InChI=1S/C36H42FNO6/c1-19-15-22(12-13-28(19)42-9)33(39)38-27-16-20(2)29(32(34(40)41)44-35(4,5)6)30(25(27)18-36(38,7)8)24-17-26(37)31-23(21(24)3)11-10-14-43-31/h12-13,15-17,32H,10-11,14,18H2,1-9H3,(H,40,41)/t32-/m0/s1. The molecule has 1 amide bonds. The van der Waals surface area contributed by atoms with Crippen LogP contribution in [0.4, 0.5) is 10.1 Å². The molecule has 0 saturated heterocycles. The fourth-order valence-electron chi connectivity index (χ4n) is 6.75. The summed E-state index contributed by atoms with van der Waals surface area (Å²) in [6.07, 6.45) is 0.532. The van der Waals surface area contributed by atoms with Crippen LogP contribution in [0.3, 0.4) is 0 Å². The van der Waals surface area contributed by atoms with E-state index in [-0.39, 0.29) is 11.7 Å². The molecule has 0 aromatic heterocycles. The molecule has 2 aliphatic rings. The normalized spacial score (nSPS) is 16.2. The van der Waals surface area contributed by atoms with Gasteiger partial charge in [0, 0.05) is 27.9 Å². The van der Waals surface area contributed by atoms with Gasteiger partial charge in [-0.1, -0.05) is 0 Å². The van der Waals surface area contributed by atoms with Gasteiger partial charge in [0.1, 0.15) is 5.75 Å². The average Bonchev–Trinajstić information content (AvgIpc) is 3.21. The third-order valence-corrected chi connectivity index (χ3v) is 8.62.